The minimum absolute atomic E-state index is 0.609. The molecule has 1 saturated carbocycles. The largest absolute Gasteiger partial charge is 0.309 e. The van der Waals surface area contributed by atoms with E-state index in [1.165, 1.54) is 30.6 Å². The monoisotopic (exact) mass is 237 g/mol. The van der Waals surface area contributed by atoms with Gasteiger partial charge >= 0.3 is 0 Å². The van der Waals surface area contributed by atoms with Crippen molar-refractivity contribution in [1.29, 1.82) is 0 Å². The summed E-state index contributed by atoms with van der Waals surface area (Å²) in [6.45, 7) is 5.68. The minimum Gasteiger partial charge on any atom is -0.309 e. The van der Waals surface area contributed by atoms with E-state index in [-0.39, 0.29) is 0 Å². The molecule has 0 amide bonds. The van der Waals surface area contributed by atoms with Gasteiger partial charge in [-0.15, -0.1) is 11.3 Å². The van der Waals surface area contributed by atoms with Crippen LogP contribution in [-0.4, -0.2) is 6.54 Å². The molecule has 1 atom stereocenters. The van der Waals surface area contributed by atoms with Gasteiger partial charge in [-0.3, -0.25) is 0 Å². The van der Waals surface area contributed by atoms with Gasteiger partial charge in [0, 0.05) is 10.9 Å². The summed E-state index contributed by atoms with van der Waals surface area (Å²) in [4.78, 5) is 1.53. The first-order valence-corrected chi connectivity index (χ1v) is 7.46. The van der Waals surface area contributed by atoms with Gasteiger partial charge in [0.15, 0.2) is 0 Å². The summed E-state index contributed by atoms with van der Waals surface area (Å²) in [5.74, 6) is 1.80. The molecule has 90 valence electrons. The maximum absolute atomic E-state index is 3.68. The van der Waals surface area contributed by atoms with E-state index in [9.17, 15) is 0 Å². The summed E-state index contributed by atoms with van der Waals surface area (Å²) >= 11 is 1.90. The average Bonchev–Trinajstić information content (AvgIpc) is 2.81. The van der Waals surface area contributed by atoms with Crippen molar-refractivity contribution < 1.29 is 0 Å². The lowest BCUT2D eigenvalue weighted by Crippen LogP contribution is -2.30. The molecule has 0 aromatic carbocycles. The van der Waals surface area contributed by atoms with Gasteiger partial charge in [0.05, 0.1) is 0 Å². The lowest BCUT2D eigenvalue weighted by Gasteiger charge is -2.32. The summed E-state index contributed by atoms with van der Waals surface area (Å²) in [5, 5.41) is 5.88. The van der Waals surface area contributed by atoms with Crippen molar-refractivity contribution in [1.82, 2.24) is 5.32 Å². The number of hydrogen-bond acceptors (Lipinski definition) is 2. The van der Waals surface area contributed by atoms with E-state index in [1.807, 2.05) is 11.3 Å². The summed E-state index contributed by atoms with van der Waals surface area (Å²) in [6, 6.07) is 5.07. The normalized spacial score (nSPS) is 27.9. The molecular formula is C14H23NS. The van der Waals surface area contributed by atoms with Crippen LogP contribution in [0.5, 0.6) is 0 Å². The predicted octanol–water partition coefficient (Wildman–Crippen LogP) is 4.23. The standard InChI is InChI=1S/C14H23NS/c1-3-15-14(13-5-4-10-16-13)12-8-6-11(2)7-9-12/h4-5,10-12,14-15H,3,6-9H2,1-2H3. The molecule has 0 saturated heterocycles. The Morgan fingerprint density at radius 1 is 1.38 bits per heavy atom. The maximum Gasteiger partial charge on any atom is 0.0443 e. The van der Waals surface area contributed by atoms with Crippen molar-refractivity contribution in [2.45, 2.75) is 45.6 Å². The third kappa shape index (κ3) is 2.86. The molecular weight excluding hydrogens is 214 g/mol. The predicted molar refractivity (Wildman–Crippen MR) is 71.9 cm³/mol. The third-order valence-electron chi connectivity index (χ3n) is 3.81. The molecule has 0 spiro atoms. The lowest BCUT2D eigenvalue weighted by atomic mass is 9.79. The molecule has 0 bridgehead atoms. The molecule has 1 fully saturated rings. The van der Waals surface area contributed by atoms with Gasteiger partial charge in [-0.2, -0.15) is 0 Å². The lowest BCUT2D eigenvalue weighted by molar-refractivity contribution is 0.235. The molecule has 1 nitrogen and oxygen atoms in total. The maximum atomic E-state index is 3.68. The van der Waals surface area contributed by atoms with Crippen LogP contribution in [0, 0.1) is 11.8 Å². The van der Waals surface area contributed by atoms with Crippen LogP contribution >= 0.6 is 11.3 Å². The van der Waals surface area contributed by atoms with Gasteiger partial charge in [0.1, 0.15) is 0 Å². The Hall–Kier alpha value is -0.340. The van der Waals surface area contributed by atoms with Crippen LogP contribution < -0.4 is 5.32 Å². The van der Waals surface area contributed by atoms with E-state index in [1.54, 1.807) is 0 Å². The van der Waals surface area contributed by atoms with E-state index >= 15 is 0 Å². The molecule has 0 aliphatic heterocycles. The molecule has 1 aliphatic carbocycles. The van der Waals surface area contributed by atoms with Crippen LogP contribution in [0.15, 0.2) is 17.5 Å². The van der Waals surface area contributed by atoms with Gasteiger partial charge in [-0.05, 0) is 42.7 Å². The number of hydrogen-bond donors (Lipinski definition) is 1. The van der Waals surface area contributed by atoms with Crippen molar-refractivity contribution in [3.63, 3.8) is 0 Å². The summed E-state index contributed by atoms with van der Waals surface area (Å²) < 4.78 is 0. The van der Waals surface area contributed by atoms with Crippen LogP contribution in [-0.2, 0) is 0 Å². The number of thiophene rings is 1. The van der Waals surface area contributed by atoms with E-state index < -0.39 is 0 Å². The highest BCUT2D eigenvalue weighted by molar-refractivity contribution is 7.10. The van der Waals surface area contributed by atoms with Gasteiger partial charge in [0.25, 0.3) is 0 Å². The zero-order valence-electron chi connectivity index (χ0n) is 10.4. The van der Waals surface area contributed by atoms with Crippen LogP contribution in [0.25, 0.3) is 0 Å². The second-order valence-corrected chi connectivity index (χ2v) is 6.05. The first-order valence-electron chi connectivity index (χ1n) is 6.58. The highest BCUT2D eigenvalue weighted by Gasteiger charge is 2.26. The smallest absolute Gasteiger partial charge is 0.0443 e. The Morgan fingerprint density at radius 3 is 2.69 bits per heavy atom. The molecule has 1 heterocycles. The van der Waals surface area contributed by atoms with E-state index in [0.717, 1.165) is 18.4 Å². The fraction of sp³-hybridized carbons (Fsp3) is 0.714. The SMILES string of the molecule is CCNC(c1cccs1)C1CCC(C)CC1. The van der Waals surface area contributed by atoms with Gasteiger partial charge < -0.3 is 5.32 Å². The first-order chi connectivity index (χ1) is 7.81. The van der Waals surface area contributed by atoms with E-state index in [2.05, 4.69) is 36.7 Å². The van der Waals surface area contributed by atoms with Crippen LogP contribution in [0.1, 0.15) is 50.4 Å². The highest BCUT2D eigenvalue weighted by atomic mass is 32.1. The zero-order chi connectivity index (χ0) is 11.4. The van der Waals surface area contributed by atoms with E-state index in [4.69, 9.17) is 0 Å². The fourth-order valence-electron chi connectivity index (χ4n) is 2.81. The second-order valence-electron chi connectivity index (χ2n) is 5.07. The first kappa shape index (κ1) is 12.1. The summed E-state index contributed by atoms with van der Waals surface area (Å²) in [5.41, 5.74) is 0. The minimum atomic E-state index is 0.609. The molecule has 16 heavy (non-hydrogen) atoms. The van der Waals surface area contributed by atoms with Crippen molar-refractivity contribution in [3.8, 4) is 0 Å². The second kappa shape index (κ2) is 5.83. The van der Waals surface area contributed by atoms with Gasteiger partial charge in [-0.25, -0.2) is 0 Å². The highest BCUT2D eigenvalue weighted by Crippen LogP contribution is 2.37. The van der Waals surface area contributed by atoms with Crippen molar-refractivity contribution >= 4 is 11.3 Å². The zero-order valence-corrected chi connectivity index (χ0v) is 11.2. The van der Waals surface area contributed by atoms with Gasteiger partial charge in [-0.1, -0.05) is 32.8 Å². The molecule has 1 N–H and O–H groups in total. The average molecular weight is 237 g/mol. The quantitative estimate of drug-likeness (QED) is 0.826. The molecule has 0 radical (unpaired) electrons. The molecule has 2 heteroatoms. The van der Waals surface area contributed by atoms with Crippen LogP contribution in [0.4, 0.5) is 0 Å². The molecule has 1 aromatic rings. The van der Waals surface area contributed by atoms with Crippen molar-refractivity contribution in [2.24, 2.45) is 11.8 Å². The topological polar surface area (TPSA) is 12.0 Å². The van der Waals surface area contributed by atoms with Crippen LogP contribution in [0.3, 0.4) is 0 Å². The van der Waals surface area contributed by atoms with Crippen molar-refractivity contribution in [2.75, 3.05) is 6.54 Å². The third-order valence-corrected chi connectivity index (χ3v) is 4.76. The Morgan fingerprint density at radius 2 is 2.12 bits per heavy atom. The van der Waals surface area contributed by atoms with Crippen LogP contribution in [0.2, 0.25) is 0 Å². The molecule has 1 aliphatic rings. The summed E-state index contributed by atoms with van der Waals surface area (Å²) in [7, 11) is 0. The Kier molecular flexibility index (Phi) is 4.42. The summed E-state index contributed by atoms with van der Waals surface area (Å²) in [6.07, 6.45) is 5.63. The fourth-order valence-corrected chi connectivity index (χ4v) is 3.70. The Balaban J connectivity index is 2.02. The Bertz CT molecular complexity index is 286. The number of nitrogens with one attached hydrogen (secondary N) is 1. The Labute approximate surface area is 103 Å². The van der Waals surface area contributed by atoms with Gasteiger partial charge in [0.2, 0.25) is 0 Å². The molecule has 2 rings (SSSR count). The van der Waals surface area contributed by atoms with E-state index in [0.29, 0.717) is 6.04 Å². The molecule has 1 aromatic heterocycles. The number of rotatable bonds is 4. The molecule has 1 unspecified atom stereocenters. The van der Waals surface area contributed by atoms with Crippen molar-refractivity contribution in [3.05, 3.63) is 22.4 Å².